The van der Waals surface area contributed by atoms with Crippen LogP contribution in [0.5, 0.6) is 0 Å². The lowest BCUT2D eigenvalue weighted by molar-refractivity contribution is -0.160. The van der Waals surface area contributed by atoms with E-state index in [9.17, 15) is 19.8 Å². The largest absolute Gasteiger partial charge is 0.480 e. The first-order chi connectivity index (χ1) is 9.42. The highest BCUT2D eigenvalue weighted by Gasteiger charge is 2.47. The Balaban J connectivity index is 2.57. The molecule has 1 aliphatic rings. The highest BCUT2D eigenvalue weighted by molar-refractivity contribution is 6.03. The monoisotopic (exact) mass is 288 g/mol. The molecule has 0 aromatic rings. The van der Waals surface area contributed by atoms with Crippen LogP contribution >= 0.6 is 0 Å². The first-order valence-corrected chi connectivity index (χ1v) is 6.97. The summed E-state index contributed by atoms with van der Waals surface area (Å²) in [4.78, 5) is 23.5. The lowest BCUT2D eigenvalue weighted by Crippen LogP contribution is -2.45. The minimum Gasteiger partial charge on any atom is -0.480 e. The van der Waals surface area contributed by atoms with Crippen LogP contribution in [0.1, 0.15) is 39.0 Å². The van der Waals surface area contributed by atoms with Crippen molar-refractivity contribution in [2.24, 2.45) is 5.41 Å². The molecule has 1 saturated carbocycles. The SMILES string of the molecule is COCC(C)OCC(O)CC1(C(=O)O)CCCCC1=O. The van der Waals surface area contributed by atoms with Crippen molar-refractivity contribution >= 4 is 11.8 Å². The Labute approximate surface area is 119 Å². The van der Waals surface area contributed by atoms with Crippen molar-refractivity contribution in [2.45, 2.75) is 51.2 Å². The molecule has 0 spiro atoms. The van der Waals surface area contributed by atoms with E-state index >= 15 is 0 Å². The quantitative estimate of drug-likeness (QED) is 0.647. The summed E-state index contributed by atoms with van der Waals surface area (Å²) >= 11 is 0. The van der Waals surface area contributed by atoms with Crippen molar-refractivity contribution in [1.29, 1.82) is 0 Å². The maximum Gasteiger partial charge on any atom is 0.317 e. The molecule has 0 saturated heterocycles. The summed E-state index contributed by atoms with van der Waals surface area (Å²) in [6, 6.07) is 0. The molecule has 0 radical (unpaired) electrons. The van der Waals surface area contributed by atoms with Gasteiger partial charge in [0.15, 0.2) is 0 Å². The number of ketones is 1. The van der Waals surface area contributed by atoms with Crippen molar-refractivity contribution in [3.05, 3.63) is 0 Å². The van der Waals surface area contributed by atoms with Crippen LogP contribution in [-0.4, -0.2) is 54.5 Å². The molecule has 6 nitrogen and oxygen atoms in total. The number of aliphatic hydroxyl groups excluding tert-OH is 1. The molecular weight excluding hydrogens is 264 g/mol. The van der Waals surface area contributed by atoms with Crippen LogP contribution in [0.4, 0.5) is 0 Å². The number of carboxylic acids is 1. The van der Waals surface area contributed by atoms with Gasteiger partial charge in [0, 0.05) is 13.5 Å². The van der Waals surface area contributed by atoms with Gasteiger partial charge in [-0.1, -0.05) is 6.42 Å². The second-order valence-corrected chi connectivity index (χ2v) is 5.47. The Kier molecular flexibility index (Phi) is 6.58. The molecule has 3 atom stereocenters. The van der Waals surface area contributed by atoms with Crippen LogP contribution in [0.15, 0.2) is 0 Å². The van der Waals surface area contributed by atoms with Gasteiger partial charge in [-0.2, -0.15) is 0 Å². The molecule has 1 aliphatic carbocycles. The van der Waals surface area contributed by atoms with Crippen molar-refractivity contribution in [3.63, 3.8) is 0 Å². The lowest BCUT2D eigenvalue weighted by Gasteiger charge is -2.33. The van der Waals surface area contributed by atoms with Gasteiger partial charge < -0.3 is 19.7 Å². The van der Waals surface area contributed by atoms with Gasteiger partial charge >= 0.3 is 5.97 Å². The fraction of sp³-hybridized carbons (Fsp3) is 0.857. The van der Waals surface area contributed by atoms with E-state index in [2.05, 4.69) is 0 Å². The summed E-state index contributed by atoms with van der Waals surface area (Å²) in [7, 11) is 1.55. The Morgan fingerprint density at radius 2 is 2.10 bits per heavy atom. The maximum absolute atomic E-state index is 12.0. The first kappa shape index (κ1) is 17.1. The average molecular weight is 288 g/mol. The third-order valence-electron chi connectivity index (χ3n) is 3.76. The first-order valence-electron chi connectivity index (χ1n) is 6.97. The zero-order valence-corrected chi connectivity index (χ0v) is 12.1. The average Bonchev–Trinajstić information content (AvgIpc) is 2.39. The van der Waals surface area contributed by atoms with Crippen molar-refractivity contribution < 1.29 is 29.3 Å². The van der Waals surface area contributed by atoms with E-state index < -0.39 is 17.5 Å². The molecule has 0 aromatic heterocycles. The van der Waals surface area contributed by atoms with E-state index in [1.165, 1.54) is 0 Å². The number of aliphatic carboxylic acids is 1. The summed E-state index contributed by atoms with van der Waals surface area (Å²) in [5.41, 5.74) is -1.44. The van der Waals surface area contributed by atoms with Crippen LogP contribution in [-0.2, 0) is 19.1 Å². The number of carbonyl (C=O) groups is 2. The summed E-state index contributed by atoms with van der Waals surface area (Å²) in [5, 5.41) is 19.3. The predicted octanol–water partition coefficient (Wildman–Crippen LogP) is 1.00. The molecule has 0 aliphatic heterocycles. The topological polar surface area (TPSA) is 93.1 Å². The van der Waals surface area contributed by atoms with E-state index in [-0.39, 0.29) is 31.3 Å². The third-order valence-corrected chi connectivity index (χ3v) is 3.76. The van der Waals surface area contributed by atoms with E-state index in [1.807, 2.05) is 0 Å². The minimum absolute atomic E-state index is 0.00678. The van der Waals surface area contributed by atoms with Gasteiger partial charge in [0.05, 0.1) is 25.4 Å². The van der Waals surface area contributed by atoms with Crippen LogP contribution in [0, 0.1) is 5.41 Å². The molecule has 116 valence electrons. The summed E-state index contributed by atoms with van der Waals surface area (Å²) in [5.74, 6) is -1.41. The van der Waals surface area contributed by atoms with Crippen LogP contribution in [0.3, 0.4) is 0 Å². The number of carboxylic acid groups (broad SMARTS) is 1. The molecular formula is C14H24O6. The fourth-order valence-electron chi connectivity index (χ4n) is 2.64. The summed E-state index contributed by atoms with van der Waals surface area (Å²) < 4.78 is 10.3. The predicted molar refractivity (Wildman–Crippen MR) is 71.5 cm³/mol. The smallest absolute Gasteiger partial charge is 0.317 e. The van der Waals surface area contributed by atoms with Crippen LogP contribution in [0.25, 0.3) is 0 Å². The van der Waals surface area contributed by atoms with Gasteiger partial charge in [-0.25, -0.2) is 0 Å². The van der Waals surface area contributed by atoms with E-state index in [1.54, 1.807) is 14.0 Å². The number of aliphatic hydroxyl groups is 1. The second-order valence-electron chi connectivity index (χ2n) is 5.47. The number of hydrogen-bond acceptors (Lipinski definition) is 5. The van der Waals surface area contributed by atoms with Crippen molar-refractivity contribution in [1.82, 2.24) is 0 Å². The van der Waals surface area contributed by atoms with Gasteiger partial charge in [-0.15, -0.1) is 0 Å². The van der Waals surface area contributed by atoms with Gasteiger partial charge in [0.25, 0.3) is 0 Å². The number of carbonyl (C=O) groups excluding carboxylic acids is 1. The number of ether oxygens (including phenoxy) is 2. The number of hydrogen-bond donors (Lipinski definition) is 2. The second kappa shape index (κ2) is 7.71. The minimum atomic E-state index is -1.44. The molecule has 1 fully saturated rings. The molecule has 1 rings (SSSR count). The molecule has 6 heteroatoms. The van der Waals surface area contributed by atoms with Gasteiger partial charge in [0.1, 0.15) is 11.2 Å². The fourth-order valence-corrected chi connectivity index (χ4v) is 2.64. The highest BCUT2D eigenvalue weighted by atomic mass is 16.5. The molecule has 3 unspecified atom stereocenters. The number of rotatable bonds is 8. The van der Waals surface area contributed by atoms with E-state index in [0.29, 0.717) is 19.4 Å². The standard InChI is InChI=1S/C14H24O6/c1-10(8-19-2)20-9-11(15)7-14(13(17)18)6-4-3-5-12(14)16/h10-11,15H,3-9H2,1-2H3,(H,17,18). The molecule has 0 amide bonds. The Morgan fingerprint density at radius 3 is 2.65 bits per heavy atom. The molecule has 2 N–H and O–H groups in total. The van der Waals surface area contributed by atoms with Gasteiger partial charge in [-0.3, -0.25) is 9.59 Å². The van der Waals surface area contributed by atoms with Crippen LogP contribution in [0.2, 0.25) is 0 Å². The van der Waals surface area contributed by atoms with Crippen LogP contribution < -0.4 is 0 Å². The Hall–Kier alpha value is -0.980. The number of Topliss-reactive ketones (excluding diaryl/α,β-unsaturated/α-hetero) is 1. The molecule has 0 bridgehead atoms. The summed E-state index contributed by atoms with van der Waals surface area (Å²) in [6.45, 7) is 2.21. The molecule has 0 aromatic carbocycles. The zero-order valence-electron chi connectivity index (χ0n) is 12.1. The lowest BCUT2D eigenvalue weighted by atomic mass is 9.69. The van der Waals surface area contributed by atoms with E-state index in [0.717, 1.165) is 6.42 Å². The maximum atomic E-state index is 12.0. The van der Waals surface area contributed by atoms with Gasteiger partial charge in [-0.05, 0) is 26.2 Å². The van der Waals surface area contributed by atoms with E-state index in [4.69, 9.17) is 9.47 Å². The Morgan fingerprint density at radius 1 is 1.40 bits per heavy atom. The number of methoxy groups -OCH3 is 1. The third kappa shape index (κ3) is 4.26. The zero-order chi connectivity index (χ0) is 15.2. The normalized spacial score (nSPS) is 26.2. The van der Waals surface area contributed by atoms with Gasteiger partial charge in [0.2, 0.25) is 0 Å². The molecule has 20 heavy (non-hydrogen) atoms. The van der Waals surface area contributed by atoms with Crippen molar-refractivity contribution in [2.75, 3.05) is 20.3 Å². The Bertz CT molecular complexity index is 343. The van der Waals surface area contributed by atoms with Crippen molar-refractivity contribution in [3.8, 4) is 0 Å². The summed E-state index contributed by atoms with van der Waals surface area (Å²) in [6.07, 6.45) is 0.772. The molecule has 0 heterocycles. The highest BCUT2D eigenvalue weighted by Crippen LogP contribution is 2.37.